The first-order chi connectivity index (χ1) is 9.15. The molecule has 104 valence electrons. The largest absolute Gasteiger partial charge is 0.336 e. The van der Waals surface area contributed by atoms with Crippen molar-refractivity contribution in [2.45, 2.75) is 56.5 Å². The lowest BCUT2D eigenvalue weighted by Crippen LogP contribution is -2.42. The minimum Gasteiger partial charge on any atom is -0.336 e. The lowest BCUT2D eigenvalue weighted by Gasteiger charge is -2.32. The fraction of sp³-hybridized carbons (Fsp3) is 0.769. The number of aromatic amines is 1. The highest BCUT2D eigenvalue weighted by Gasteiger charge is 2.31. The number of hydrogen-bond donors (Lipinski definition) is 2. The Bertz CT molecular complexity index is 459. The van der Waals surface area contributed by atoms with Gasteiger partial charge < -0.3 is 10.6 Å². The summed E-state index contributed by atoms with van der Waals surface area (Å²) in [5, 5.41) is 6.94. The van der Waals surface area contributed by atoms with E-state index in [1.807, 2.05) is 7.05 Å². The molecule has 6 nitrogen and oxygen atoms in total. The van der Waals surface area contributed by atoms with Gasteiger partial charge in [-0.05, 0) is 38.5 Å². The molecule has 3 rings (SSSR count). The molecule has 0 spiro atoms. The minimum absolute atomic E-state index is 0.0800. The van der Waals surface area contributed by atoms with Gasteiger partial charge in [0.1, 0.15) is 5.82 Å². The third-order valence-electron chi connectivity index (χ3n) is 4.27. The van der Waals surface area contributed by atoms with Crippen LogP contribution in [0.5, 0.6) is 0 Å². The molecule has 0 aliphatic heterocycles. The van der Waals surface area contributed by atoms with E-state index in [1.165, 1.54) is 0 Å². The summed E-state index contributed by atoms with van der Waals surface area (Å²) in [4.78, 5) is 18.4. The van der Waals surface area contributed by atoms with Crippen LogP contribution in [-0.2, 0) is 0 Å². The van der Waals surface area contributed by atoms with Crippen LogP contribution in [0.4, 0.5) is 0 Å². The monoisotopic (exact) mass is 263 g/mol. The van der Waals surface area contributed by atoms with Gasteiger partial charge in [-0.1, -0.05) is 0 Å². The second-order valence-corrected chi connectivity index (χ2v) is 5.80. The van der Waals surface area contributed by atoms with Crippen molar-refractivity contribution in [1.82, 2.24) is 20.1 Å². The third-order valence-corrected chi connectivity index (χ3v) is 4.27. The number of carbonyl (C=O) groups is 1. The molecule has 2 aliphatic carbocycles. The number of H-pyrrole nitrogens is 1. The van der Waals surface area contributed by atoms with E-state index in [1.54, 1.807) is 4.90 Å². The number of aromatic nitrogens is 3. The zero-order valence-corrected chi connectivity index (χ0v) is 11.3. The van der Waals surface area contributed by atoms with Crippen LogP contribution in [0.3, 0.4) is 0 Å². The molecule has 3 N–H and O–H groups in total. The van der Waals surface area contributed by atoms with Gasteiger partial charge >= 0.3 is 0 Å². The van der Waals surface area contributed by atoms with Crippen molar-refractivity contribution >= 4 is 5.91 Å². The van der Waals surface area contributed by atoms with Crippen LogP contribution < -0.4 is 5.73 Å². The normalized spacial score (nSPS) is 27.3. The van der Waals surface area contributed by atoms with Crippen LogP contribution in [0.2, 0.25) is 0 Å². The van der Waals surface area contributed by atoms with Gasteiger partial charge in [0.25, 0.3) is 5.91 Å². The molecule has 19 heavy (non-hydrogen) atoms. The summed E-state index contributed by atoms with van der Waals surface area (Å²) in [6.45, 7) is 0. The van der Waals surface area contributed by atoms with Crippen molar-refractivity contribution in [3.63, 3.8) is 0 Å². The first-order valence-corrected chi connectivity index (χ1v) is 7.10. The molecule has 0 bridgehead atoms. The van der Waals surface area contributed by atoms with Crippen molar-refractivity contribution in [2.75, 3.05) is 7.05 Å². The van der Waals surface area contributed by atoms with E-state index in [-0.39, 0.29) is 11.9 Å². The van der Waals surface area contributed by atoms with Crippen LogP contribution in [0.1, 0.15) is 60.9 Å². The van der Waals surface area contributed by atoms with Gasteiger partial charge in [0.15, 0.2) is 0 Å². The van der Waals surface area contributed by atoms with Gasteiger partial charge in [-0.25, -0.2) is 4.98 Å². The Morgan fingerprint density at radius 2 is 1.95 bits per heavy atom. The first-order valence-electron chi connectivity index (χ1n) is 7.10. The van der Waals surface area contributed by atoms with Crippen molar-refractivity contribution in [3.05, 3.63) is 11.6 Å². The predicted octanol–water partition coefficient (Wildman–Crippen LogP) is 1.02. The molecule has 0 radical (unpaired) electrons. The van der Waals surface area contributed by atoms with E-state index >= 15 is 0 Å². The quantitative estimate of drug-likeness (QED) is 0.852. The fourth-order valence-corrected chi connectivity index (χ4v) is 2.72. The SMILES string of the molecule is CN(C(=O)c1n[nH]c(C2CC2)n1)C1CCC(N)CC1. The lowest BCUT2D eigenvalue weighted by atomic mass is 9.91. The summed E-state index contributed by atoms with van der Waals surface area (Å²) in [7, 11) is 1.84. The predicted molar refractivity (Wildman–Crippen MR) is 70.7 cm³/mol. The van der Waals surface area contributed by atoms with Crippen LogP contribution >= 0.6 is 0 Å². The van der Waals surface area contributed by atoms with E-state index in [0.29, 0.717) is 17.8 Å². The smallest absolute Gasteiger partial charge is 0.293 e. The summed E-state index contributed by atoms with van der Waals surface area (Å²) < 4.78 is 0. The minimum atomic E-state index is -0.0800. The van der Waals surface area contributed by atoms with Gasteiger partial charge in [0.05, 0.1) is 0 Å². The molecule has 1 amide bonds. The Morgan fingerprint density at radius 1 is 1.26 bits per heavy atom. The average Bonchev–Trinajstić information content (AvgIpc) is 3.16. The summed E-state index contributed by atoms with van der Waals surface area (Å²) in [5.41, 5.74) is 5.89. The maximum atomic E-state index is 12.3. The number of nitrogens with zero attached hydrogens (tertiary/aromatic N) is 3. The summed E-state index contributed by atoms with van der Waals surface area (Å²) in [6.07, 6.45) is 6.23. The highest BCUT2D eigenvalue weighted by molar-refractivity contribution is 5.90. The van der Waals surface area contributed by atoms with Crippen LogP contribution in [-0.4, -0.2) is 45.1 Å². The molecule has 2 fully saturated rings. The zero-order valence-electron chi connectivity index (χ0n) is 11.3. The Hall–Kier alpha value is -1.43. The lowest BCUT2D eigenvalue weighted by molar-refractivity contribution is 0.0678. The molecule has 1 aromatic rings. The molecule has 2 aliphatic rings. The molecule has 0 saturated heterocycles. The second kappa shape index (κ2) is 4.92. The maximum absolute atomic E-state index is 12.3. The van der Waals surface area contributed by atoms with Crippen molar-refractivity contribution < 1.29 is 4.79 Å². The van der Waals surface area contributed by atoms with Gasteiger partial charge in [-0.15, -0.1) is 5.10 Å². The van der Waals surface area contributed by atoms with Crippen LogP contribution in [0.15, 0.2) is 0 Å². The molecule has 0 unspecified atom stereocenters. The van der Waals surface area contributed by atoms with E-state index < -0.39 is 0 Å². The van der Waals surface area contributed by atoms with Crippen molar-refractivity contribution in [3.8, 4) is 0 Å². The molecular weight excluding hydrogens is 242 g/mol. The second-order valence-electron chi connectivity index (χ2n) is 5.80. The van der Waals surface area contributed by atoms with Crippen molar-refractivity contribution in [1.29, 1.82) is 0 Å². The molecule has 6 heteroatoms. The molecule has 2 saturated carbocycles. The first kappa shape index (κ1) is 12.6. The highest BCUT2D eigenvalue weighted by atomic mass is 16.2. The maximum Gasteiger partial charge on any atom is 0.293 e. The third kappa shape index (κ3) is 2.63. The molecule has 0 aromatic carbocycles. The fourth-order valence-electron chi connectivity index (χ4n) is 2.72. The molecule has 1 aromatic heterocycles. The summed E-state index contributed by atoms with van der Waals surface area (Å²) >= 11 is 0. The molecule has 1 heterocycles. The molecule has 0 atom stereocenters. The topological polar surface area (TPSA) is 87.9 Å². The van der Waals surface area contributed by atoms with Gasteiger partial charge in [0, 0.05) is 25.0 Å². The number of carbonyl (C=O) groups excluding carboxylic acids is 1. The van der Waals surface area contributed by atoms with E-state index in [0.717, 1.165) is 44.3 Å². The Balaban J connectivity index is 1.64. The van der Waals surface area contributed by atoms with E-state index in [9.17, 15) is 4.79 Å². The standard InChI is InChI=1S/C13H21N5O/c1-18(10-6-4-9(14)5-7-10)13(19)12-15-11(16-17-12)8-2-3-8/h8-10H,2-7,14H2,1H3,(H,15,16,17). The number of hydrogen-bond acceptors (Lipinski definition) is 4. The Kier molecular flexibility index (Phi) is 3.26. The van der Waals surface area contributed by atoms with Crippen LogP contribution in [0.25, 0.3) is 0 Å². The number of rotatable bonds is 3. The zero-order chi connectivity index (χ0) is 13.4. The van der Waals surface area contributed by atoms with Gasteiger partial charge in [-0.2, -0.15) is 0 Å². The molecular formula is C13H21N5O. The highest BCUT2D eigenvalue weighted by Crippen LogP contribution is 2.37. The van der Waals surface area contributed by atoms with Gasteiger partial charge in [-0.3, -0.25) is 9.89 Å². The van der Waals surface area contributed by atoms with E-state index in [2.05, 4.69) is 15.2 Å². The Labute approximate surface area is 112 Å². The summed E-state index contributed by atoms with van der Waals surface area (Å²) in [6, 6.07) is 0.569. The Morgan fingerprint density at radius 3 is 2.58 bits per heavy atom. The number of nitrogens with one attached hydrogen (secondary N) is 1. The average molecular weight is 263 g/mol. The van der Waals surface area contributed by atoms with Gasteiger partial charge in [0.2, 0.25) is 5.82 Å². The van der Waals surface area contributed by atoms with Crippen LogP contribution in [0, 0.1) is 0 Å². The number of nitrogens with two attached hydrogens (primary N) is 1. The summed E-state index contributed by atoms with van der Waals surface area (Å²) in [5.74, 6) is 1.58. The van der Waals surface area contributed by atoms with Crippen molar-refractivity contribution in [2.24, 2.45) is 5.73 Å². The number of amides is 1. The van der Waals surface area contributed by atoms with E-state index in [4.69, 9.17) is 5.73 Å².